The lowest BCUT2D eigenvalue weighted by molar-refractivity contribution is -0.0514. The maximum atomic E-state index is 12.2. The summed E-state index contributed by atoms with van der Waals surface area (Å²) in [4.78, 5) is 0. The largest absolute Gasteiger partial charge is 0.490 e. The Kier molecular flexibility index (Phi) is 5.30. The summed E-state index contributed by atoms with van der Waals surface area (Å²) in [5.41, 5.74) is 6.06. The number of nitrogens with two attached hydrogens (primary N) is 1. The van der Waals surface area contributed by atoms with Crippen LogP contribution >= 0.6 is 0 Å². The monoisotopic (exact) mass is 261 g/mol. The van der Waals surface area contributed by atoms with Crippen molar-refractivity contribution in [1.29, 1.82) is 0 Å². The number of ether oxygens (including phenoxy) is 2. The molecule has 3 N–H and O–H groups in total. The van der Waals surface area contributed by atoms with Gasteiger partial charge in [-0.3, -0.25) is 0 Å². The summed E-state index contributed by atoms with van der Waals surface area (Å²) in [5.74, 6) is 0.0995. The van der Waals surface area contributed by atoms with Crippen molar-refractivity contribution in [3.05, 3.63) is 23.8 Å². The molecule has 1 aromatic carbocycles. The van der Waals surface area contributed by atoms with Crippen LogP contribution in [-0.4, -0.2) is 24.4 Å². The normalized spacial score (nSPS) is 14.4. The average Bonchev–Trinajstić information content (AvgIpc) is 2.30. The molecule has 0 aliphatic rings. The van der Waals surface area contributed by atoms with Gasteiger partial charge in [0.15, 0.2) is 11.5 Å². The highest BCUT2D eigenvalue weighted by atomic mass is 19.3. The third-order valence-electron chi connectivity index (χ3n) is 2.32. The van der Waals surface area contributed by atoms with E-state index in [1.807, 2.05) is 0 Å². The van der Waals surface area contributed by atoms with Crippen LogP contribution in [0.1, 0.15) is 25.5 Å². The van der Waals surface area contributed by atoms with Gasteiger partial charge in [0.2, 0.25) is 0 Å². The summed E-state index contributed by atoms with van der Waals surface area (Å²) in [6.45, 7) is 0.751. The lowest BCUT2D eigenvalue weighted by Gasteiger charge is -2.17. The minimum Gasteiger partial charge on any atom is -0.490 e. The third kappa shape index (κ3) is 3.82. The molecule has 102 valence electrons. The van der Waals surface area contributed by atoms with Crippen LogP contribution in [0.25, 0.3) is 0 Å². The predicted octanol–water partition coefficient (Wildman–Crippen LogP) is 2.07. The van der Waals surface area contributed by atoms with Crippen LogP contribution in [0.2, 0.25) is 0 Å². The zero-order chi connectivity index (χ0) is 13.7. The first kappa shape index (κ1) is 14.7. The molecule has 0 amide bonds. The zero-order valence-corrected chi connectivity index (χ0v) is 10.3. The van der Waals surface area contributed by atoms with Crippen molar-refractivity contribution in [3.63, 3.8) is 0 Å². The standard InChI is InChI=1S/C12H17F2NO3/c1-3-17-10-6-8(11(16)7(2)15)4-5-9(10)18-12(13)14/h4-7,11-12,16H,3,15H2,1-2H3. The van der Waals surface area contributed by atoms with Crippen molar-refractivity contribution in [2.45, 2.75) is 32.6 Å². The van der Waals surface area contributed by atoms with Gasteiger partial charge in [-0.15, -0.1) is 0 Å². The molecule has 4 nitrogen and oxygen atoms in total. The van der Waals surface area contributed by atoms with Crippen molar-refractivity contribution in [1.82, 2.24) is 0 Å². The third-order valence-corrected chi connectivity index (χ3v) is 2.32. The zero-order valence-electron chi connectivity index (χ0n) is 10.3. The van der Waals surface area contributed by atoms with E-state index >= 15 is 0 Å². The van der Waals surface area contributed by atoms with Crippen molar-refractivity contribution in [2.75, 3.05) is 6.61 Å². The number of hydrogen-bond acceptors (Lipinski definition) is 4. The van der Waals surface area contributed by atoms with Gasteiger partial charge in [0.1, 0.15) is 0 Å². The summed E-state index contributed by atoms with van der Waals surface area (Å²) in [6, 6.07) is 3.79. The first-order chi connectivity index (χ1) is 8.45. The highest BCUT2D eigenvalue weighted by Crippen LogP contribution is 2.32. The van der Waals surface area contributed by atoms with E-state index in [9.17, 15) is 13.9 Å². The summed E-state index contributed by atoms with van der Waals surface area (Å²) in [6.07, 6.45) is -0.884. The summed E-state index contributed by atoms with van der Waals surface area (Å²) in [5, 5.41) is 9.79. The molecule has 18 heavy (non-hydrogen) atoms. The molecule has 1 aromatic rings. The SMILES string of the molecule is CCOc1cc(C(O)C(C)N)ccc1OC(F)F. The number of halogens is 2. The van der Waals surface area contributed by atoms with Gasteiger partial charge in [-0.25, -0.2) is 0 Å². The van der Waals surface area contributed by atoms with Gasteiger partial charge >= 0.3 is 6.61 Å². The van der Waals surface area contributed by atoms with Crippen LogP contribution in [0.3, 0.4) is 0 Å². The number of hydrogen-bond donors (Lipinski definition) is 2. The fraction of sp³-hybridized carbons (Fsp3) is 0.500. The van der Waals surface area contributed by atoms with Crippen LogP contribution in [0.4, 0.5) is 8.78 Å². The van der Waals surface area contributed by atoms with Crippen molar-refractivity contribution in [3.8, 4) is 11.5 Å². The van der Waals surface area contributed by atoms with E-state index in [1.165, 1.54) is 18.2 Å². The quantitative estimate of drug-likeness (QED) is 0.822. The van der Waals surface area contributed by atoms with Gasteiger partial charge in [-0.1, -0.05) is 6.07 Å². The maximum Gasteiger partial charge on any atom is 0.387 e. The van der Waals surface area contributed by atoms with E-state index < -0.39 is 18.8 Å². The molecule has 0 aliphatic heterocycles. The molecule has 0 spiro atoms. The fourth-order valence-corrected chi connectivity index (χ4v) is 1.47. The number of aliphatic hydroxyl groups is 1. The van der Waals surface area contributed by atoms with Crippen molar-refractivity contribution >= 4 is 0 Å². The number of rotatable bonds is 6. The second-order valence-corrected chi connectivity index (χ2v) is 3.82. The Morgan fingerprint density at radius 3 is 2.50 bits per heavy atom. The lowest BCUT2D eigenvalue weighted by Crippen LogP contribution is -2.24. The van der Waals surface area contributed by atoms with Crippen LogP contribution < -0.4 is 15.2 Å². The highest BCUT2D eigenvalue weighted by molar-refractivity contribution is 5.43. The minimum atomic E-state index is -2.92. The minimum absolute atomic E-state index is 0.0625. The van der Waals surface area contributed by atoms with Crippen molar-refractivity contribution < 1.29 is 23.4 Å². The van der Waals surface area contributed by atoms with Gasteiger partial charge in [-0.05, 0) is 31.5 Å². The van der Waals surface area contributed by atoms with Crippen LogP contribution in [0.15, 0.2) is 18.2 Å². The molecular formula is C12H17F2NO3. The molecule has 2 unspecified atom stereocenters. The predicted molar refractivity (Wildman–Crippen MR) is 62.9 cm³/mol. The summed E-state index contributed by atoms with van der Waals surface area (Å²) >= 11 is 0. The van der Waals surface area contributed by atoms with Crippen LogP contribution in [0, 0.1) is 0 Å². The Morgan fingerprint density at radius 2 is 2.00 bits per heavy atom. The van der Waals surface area contributed by atoms with Gasteiger partial charge in [0.25, 0.3) is 0 Å². The molecule has 0 saturated carbocycles. The molecule has 2 atom stereocenters. The fourth-order valence-electron chi connectivity index (χ4n) is 1.47. The summed E-state index contributed by atoms with van der Waals surface area (Å²) in [7, 11) is 0. The maximum absolute atomic E-state index is 12.2. The Bertz CT molecular complexity index is 386. The number of aliphatic hydroxyl groups excluding tert-OH is 1. The number of benzene rings is 1. The van der Waals surface area contributed by atoms with Gasteiger partial charge in [0.05, 0.1) is 12.7 Å². The molecule has 0 aliphatic carbocycles. The lowest BCUT2D eigenvalue weighted by atomic mass is 10.0. The molecule has 0 saturated heterocycles. The van der Waals surface area contributed by atoms with E-state index in [1.54, 1.807) is 13.8 Å². The van der Waals surface area contributed by atoms with E-state index in [0.29, 0.717) is 12.2 Å². The Hall–Kier alpha value is -1.40. The van der Waals surface area contributed by atoms with Gasteiger partial charge in [-0.2, -0.15) is 8.78 Å². The molecule has 0 bridgehead atoms. The van der Waals surface area contributed by atoms with Crippen LogP contribution in [-0.2, 0) is 0 Å². The van der Waals surface area contributed by atoms with Crippen molar-refractivity contribution in [2.24, 2.45) is 5.73 Å². The Labute approximate surface area is 104 Å². The molecular weight excluding hydrogens is 244 g/mol. The Morgan fingerprint density at radius 1 is 1.33 bits per heavy atom. The Balaban J connectivity index is 3.02. The molecule has 6 heteroatoms. The topological polar surface area (TPSA) is 64.7 Å². The van der Waals surface area contributed by atoms with Gasteiger partial charge in [0, 0.05) is 6.04 Å². The number of alkyl halides is 2. The second-order valence-electron chi connectivity index (χ2n) is 3.82. The molecule has 1 rings (SSSR count). The van der Waals surface area contributed by atoms with Gasteiger partial charge < -0.3 is 20.3 Å². The molecule has 0 radical (unpaired) electrons. The average molecular weight is 261 g/mol. The van der Waals surface area contributed by atoms with Crippen LogP contribution in [0.5, 0.6) is 11.5 Å². The van der Waals surface area contributed by atoms with E-state index in [0.717, 1.165) is 0 Å². The van der Waals surface area contributed by atoms with E-state index in [4.69, 9.17) is 10.5 Å². The molecule has 0 fully saturated rings. The first-order valence-corrected chi connectivity index (χ1v) is 5.61. The first-order valence-electron chi connectivity index (χ1n) is 5.61. The summed E-state index contributed by atoms with van der Waals surface area (Å²) < 4.78 is 33.9. The smallest absolute Gasteiger partial charge is 0.387 e. The highest BCUT2D eigenvalue weighted by Gasteiger charge is 2.17. The molecule has 0 heterocycles. The van der Waals surface area contributed by atoms with E-state index in [-0.39, 0.29) is 11.5 Å². The second kappa shape index (κ2) is 6.51. The molecule has 0 aromatic heterocycles. The van der Waals surface area contributed by atoms with E-state index in [2.05, 4.69) is 4.74 Å².